The van der Waals surface area contributed by atoms with Crippen molar-refractivity contribution in [3.63, 3.8) is 0 Å². The van der Waals surface area contributed by atoms with Gasteiger partial charge in [0, 0.05) is 45.4 Å². The van der Waals surface area contributed by atoms with Gasteiger partial charge in [-0.3, -0.25) is 9.59 Å². The van der Waals surface area contributed by atoms with Gasteiger partial charge in [0.05, 0.1) is 10.7 Å². The average molecular weight is 521 g/mol. The second-order valence-electron chi connectivity index (χ2n) is 7.83. The molecule has 0 atom stereocenters. The minimum atomic E-state index is -4.68. The maximum absolute atomic E-state index is 13.4. The van der Waals surface area contributed by atoms with Crippen LogP contribution in [-0.2, 0) is 17.5 Å². The number of aromatic nitrogens is 2. The Morgan fingerprint density at radius 2 is 1.81 bits per heavy atom. The Hall–Kier alpha value is -3.86. The van der Waals surface area contributed by atoms with E-state index in [1.807, 2.05) is 30.3 Å². The molecule has 190 valence electrons. The fourth-order valence-electron chi connectivity index (χ4n) is 3.22. The number of carbonyl (C=O) groups is 2. The number of carbonyl (C=O) groups excluding carboxylic acids is 2. The van der Waals surface area contributed by atoms with Crippen molar-refractivity contribution in [2.75, 3.05) is 30.8 Å². The van der Waals surface area contributed by atoms with Crippen LogP contribution in [0.15, 0.2) is 54.7 Å². The molecular formula is C24H24ClF3N6O2. The number of benzene rings is 2. The van der Waals surface area contributed by atoms with Crippen LogP contribution in [0.4, 0.5) is 30.6 Å². The van der Waals surface area contributed by atoms with E-state index in [1.54, 1.807) is 18.0 Å². The zero-order valence-corrected chi connectivity index (χ0v) is 20.2. The maximum atomic E-state index is 13.4. The number of hydrogen-bond donors (Lipinski definition) is 3. The Morgan fingerprint density at radius 3 is 2.44 bits per heavy atom. The first-order chi connectivity index (χ1) is 17.0. The highest BCUT2D eigenvalue weighted by molar-refractivity contribution is 6.33. The van der Waals surface area contributed by atoms with E-state index in [1.165, 1.54) is 19.1 Å². The van der Waals surface area contributed by atoms with Crippen molar-refractivity contribution in [1.82, 2.24) is 20.2 Å². The third-order valence-corrected chi connectivity index (χ3v) is 5.27. The molecule has 3 rings (SSSR count). The van der Waals surface area contributed by atoms with Crippen molar-refractivity contribution in [3.8, 4) is 0 Å². The van der Waals surface area contributed by atoms with Gasteiger partial charge in [0.15, 0.2) is 0 Å². The summed E-state index contributed by atoms with van der Waals surface area (Å²) < 4.78 is 40.1. The Bertz CT molecular complexity index is 1220. The van der Waals surface area contributed by atoms with Crippen molar-refractivity contribution in [1.29, 1.82) is 0 Å². The fourth-order valence-corrected chi connectivity index (χ4v) is 3.45. The molecule has 0 fully saturated rings. The number of hydrogen-bond acceptors (Lipinski definition) is 6. The van der Waals surface area contributed by atoms with Gasteiger partial charge in [0.2, 0.25) is 11.9 Å². The normalized spacial score (nSPS) is 11.1. The summed E-state index contributed by atoms with van der Waals surface area (Å²) in [6.45, 7) is 1.85. The third-order valence-electron chi connectivity index (χ3n) is 4.96. The molecule has 2 amide bonds. The van der Waals surface area contributed by atoms with Crippen LogP contribution in [0.5, 0.6) is 0 Å². The van der Waals surface area contributed by atoms with Gasteiger partial charge in [-0.05, 0) is 23.8 Å². The highest BCUT2D eigenvalue weighted by Crippen LogP contribution is 2.34. The number of alkyl halides is 3. The lowest BCUT2D eigenvalue weighted by atomic mass is 10.1. The van der Waals surface area contributed by atoms with E-state index in [0.29, 0.717) is 24.0 Å². The first-order valence-corrected chi connectivity index (χ1v) is 11.2. The van der Waals surface area contributed by atoms with E-state index in [9.17, 15) is 22.8 Å². The predicted molar refractivity (Wildman–Crippen MR) is 131 cm³/mol. The zero-order chi connectivity index (χ0) is 26.3. The lowest BCUT2D eigenvalue weighted by molar-refractivity contribution is -0.137. The number of halogens is 4. The van der Waals surface area contributed by atoms with E-state index in [4.69, 9.17) is 11.6 Å². The summed E-state index contributed by atoms with van der Waals surface area (Å²) in [6, 6.07) is 14.0. The molecule has 0 spiro atoms. The number of amides is 2. The van der Waals surface area contributed by atoms with Crippen LogP contribution in [0.2, 0.25) is 5.02 Å². The van der Waals surface area contributed by atoms with Crippen molar-refractivity contribution in [3.05, 3.63) is 76.4 Å². The SMILES string of the molecule is CC(=O)NCCNc1nc(Nc2ccc(C(=O)N(C)Cc3ccccc3)cc2Cl)ncc1C(F)(F)F. The monoisotopic (exact) mass is 520 g/mol. The summed E-state index contributed by atoms with van der Waals surface area (Å²) in [5.41, 5.74) is 0.573. The molecule has 12 heteroatoms. The van der Waals surface area contributed by atoms with Crippen LogP contribution in [0, 0.1) is 0 Å². The molecule has 1 heterocycles. The van der Waals surface area contributed by atoms with Crippen LogP contribution >= 0.6 is 11.6 Å². The van der Waals surface area contributed by atoms with Crippen LogP contribution in [-0.4, -0.2) is 46.8 Å². The molecule has 3 aromatic rings. The first kappa shape index (κ1) is 26.7. The van der Waals surface area contributed by atoms with Gasteiger partial charge in [0.25, 0.3) is 5.91 Å². The highest BCUT2D eigenvalue weighted by Gasteiger charge is 2.35. The van der Waals surface area contributed by atoms with E-state index in [-0.39, 0.29) is 35.9 Å². The fraction of sp³-hybridized carbons (Fsp3) is 0.250. The Balaban J connectivity index is 1.74. The highest BCUT2D eigenvalue weighted by atomic mass is 35.5. The molecule has 0 saturated heterocycles. The Morgan fingerprint density at radius 1 is 1.08 bits per heavy atom. The van der Waals surface area contributed by atoms with Crippen LogP contribution < -0.4 is 16.0 Å². The molecule has 0 bridgehead atoms. The minimum Gasteiger partial charge on any atom is -0.368 e. The molecule has 36 heavy (non-hydrogen) atoms. The van der Waals surface area contributed by atoms with Gasteiger partial charge in [-0.15, -0.1) is 0 Å². The minimum absolute atomic E-state index is 0.0210. The molecule has 0 aliphatic rings. The third kappa shape index (κ3) is 7.32. The van der Waals surface area contributed by atoms with E-state index in [2.05, 4.69) is 25.9 Å². The summed E-state index contributed by atoms with van der Waals surface area (Å²) in [6.07, 6.45) is -4.03. The van der Waals surface area contributed by atoms with Crippen molar-refractivity contribution in [2.24, 2.45) is 0 Å². The quantitative estimate of drug-likeness (QED) is 0.353. The zero-order valence-electron chi connectivity index (χ0n) is 19.5. The second-order valence-corrected chi connectivity index (χ2v) is 8.24. The number of nitrogens with zero attached hydrogens (tertiary/aromatic N) is 3. The largest absolute Gasteiger partial charge is 0.421 e. The van der Waals surface area contributed by atoms with Crippen LogP contribution in [0.3, 0.4) is 0 Å². The van der Waals surface area contributed by atoms with Gasteiger partial charge in [-0.2, -0.15) is 18.2 Å². The van der Waals surface area contributed by atoms with Crippen LogP contribution in [0.25, 0.3) is 0 Å². The first-order valence-electron chi connectivity index (χ1n) is 10.8. The topological polar surface area (TPSA) is 99.2 Å². The number of nitrogens with one attached hydrogen (secondary N) is 3. The number of anilines is 3. The molecule has 0 aliphatic carbocycles. The van der Waals surface area contributed by atoms with Crippen molar-refractivity contribution < 1.29 is 22.8 Å². The molecule has 0 saturated carbocycles. The molecule has 2 aromatic carbocycles. The summed E-state index contributed by atoms with van der Waals surface area (Å²) in [5, 5.41) is 7.99. The van der Waals surface area contributed by atoms with Gasteiger partial charge >= 0.3 is 6.18 Å². The van der Waals surface area contributed by atoms with E-state index in [0.717, 1.165) is 5.56 Å². The molecule has 3 N–H and O–H groups in total. The predicted octanol–water partition coefficient (Wildman–Crippen LogP) is 4.71. The molecule has 1 aromatic heterocycles. The smallest absolute Gasteiger partial charge is 0.368 e. The molecule has 0 aliphatic heterocycles. The lowest BCUT2D eigenvalue weighted by Gasteiger charge is -2.18. The molecule has 8 nitrogen and oxygen atoms in total. The Kier molecular flexibility index (Phi) is 8.70. The van der Waals surface area contributed by atoms with Gasteiger partial charge in [0.1, 0.15) is 11.4 Å². The summed E-state index contributed by atoms with van der Waals surface area (Å²) in [7, 11) is 1.67. The summed E-state index contributed by atoms with van der Waals surface area (Å²) in [5.74, 6) is -1.13. The Labute approximate surface area is 210 Å². The average Bonchev–Trinajstić information content (AvgIpc) is 2.82. The maximum Gasteiger partial charge on any atom is 0.421 e. The molecular weight excluding hydrogens is 497 g/mol. The van der Waals surface area contributed by atoms with Crippen molar-refractivity contribution in [2.45, 2.75) is 19.6 Å². The van der Waals surface area contributed by atoms with Crippen LogP contribution in [0.1, 0.15) is 28.4 Å². The molecule has 0 unspecified atom stereocenters. The van der Waals surface area contributed by atoms with Gasteiger partial charge in [-0.25, -0.2) is 4.98 Å². The lowest BCUT2D eigenvalue weighted by Crippen LogP contribution is -2.27. The van der Waals surface area contributed by atoms with Crippen molar-refractivity contribution >= 4 is 40.9 Å². The summed E-state index contributed by atoms with van der Waals surface area (Å²) >= 11 is 6.34. The number of rotatable bonds is 9. The van der Waals surface area contributed by atoms with E-state index < -0.39 is 17.6 Å². The van der Waals surface area contributed by atoms with E-state index >= 15 is 0 Å². The second kappa shape index (κ2) is 11.7. The standard InChI is InChI=1S/C24H24ClF3N6O2/c1-15(35)29-10-11-30-21-18(24(26,27)28)13-31-23(33-21)32-20-9-8-17(12-19(20)25)22(36)34(2)14-16-6-4-3-5-7-16/h3-9,12-13H,10-11,14H2,1-2H3,(H,29,35)(H2,30,31,32,33). The van der Waals surface area contributed by atoms with Gasteiger partial charge < -0.3 is 20.9 Å². The summed E-state index contributed by atoms with van der Waals surface area (Å²) in [4.78, 5) is 33.0. The van der Waals surface area contributed by atoms with Gasteiger partial charge in [-0.1, -0.05) is 41.9 Å². The molecule has 0 radical (unpaired) electrons.